The van der Waals surface area contributed by atoms with Gasteiger partial charge in [0.15, 0.2) is 11.5 Å². The molecule has 2 rings (SSSR count). The molecule has 0 saturated heterocycles. The van der Waals surface area contributed by atoms with Gasteiger partial charge >= 0.3 is 5.97 Å². The zero-order chi connectivity index (χ0) is 12.4. The van der Waals surface area contributed by atoms with Gasteiger partial charge in [0.05, 0.1) is 0 Å². The van der Waals surface area contributed by atoms with Crippen molar-refractivity contribution < 1.29 is 9.90 Å². The summed E-state index contributed by atoms with van der Waals surface area (Å²) < 4.78 is 0. The van der Waals surface area contributed by atoms with E-state index in [-0.39, 0.29) is 10.8 Å². The van der Waals surface area contributed by atoms with E-state index in [4.69, 9.17) is 16.7 Å². The van der Waals surface area contributed by atoms with Crippen LogP contribution in [0.3, 0.4) is 0 Å². The van der Waals surface area contributed by atoms with Gasteiger partial charge in [-0.3, -0.25) is 0 Å². The number of nitrogens with zero attached hydrogens (tertiary/aromatic N) is 2. The van der Waals surface area contributed by atoms with Crippen LogP contribution in [0.2, 0.25) is 5.15 Å². The summed E-state index contributed by atoms with van der Waals surface area (Å²) in [6, 6.07) is 8.70. The number of aryl methyl sites for hydroxylation is 1. The molecule has 1 aromatic heterocycles. The maximum Gasteiger partial charge on any atom is 0.354 e. The van der Waals surface area contributed by atoms with Crippen molar-refractivity contribution >= 4 is 17.6 Å². The van der Waals surface area contributed by atoms with Crippen molar-refractivity contribution in [3.05, 3.63) is 46.7 Å². The number of aromatic nitrogens is 2. The molecule has 0 atom stereocenters. The molecule has 0 spiro atoms. The van der Waals surface area contributed by atoms with E-state index in [1.807, 2.05) is 31.2 Å². The smallest absolute Gasteiger partial charge is 0.354 e. The van der Waals surface area contributed by atoms with Crippen LogP contribution in [-0.4, -0.2) is 21.0 Å². The zero-order valence-corrected chi connectivity index (χ0v) is 9.77. The number of carboxylic acids is 1. The van der Waals surface area contributed by atoms with E-state index in [9.17, 15) is 4.79 Å². The number of hydrogen-bond acceptors (Lipinski definition) is 3. The summed E-state index contributed by atoms with van der Waals surface area (Å²) in [6.45, 7) is 1.94. The van der Waals surface area contributed by atoms with Crippen LogP contribution in [0.15, 0.2) is 30.3 Å². The molecule has 0 amide bonds. The summed E-state index contributed by atoms with van der Waals surface area (Å²) in [4.78, 5) is 18.8. The first kappa shape index (κ1) is 11.5. The molecule has 0 radical (unpaired) electrons. The summed E-state index contributed by atoms with van der Waals surface area (Å²) in [5.41, 5.74) is 1.68. The van der Waals surface area contributed by atoms with Gasteiger partial charge in [-0.15, -0.1) is 0 Å². The Kier molecular flexibility index (Phi) is 3.06. The second kappa shape index (κ2) is 4.51. The zero-order valence-electron chi connectivity index (χ0n) is 9.01. The lowest BCUT2D eigenvalue weighted by Gasteiger charge is -2.03. The quantitative estimate of drug-likeness (QED) is 0.830. The largest absolute Gasteiger partial charge is 0.477 e. The van der Waals surface area contributed by atoms with Crippen LogP contribution in [0.5, 0.6) is 0 Å². The fraction of sp³-hybridized carbons (Fsp3) is 0.0833. The normalized spacial score (nSPS) is 10.2. The number of halogens is 1. The number of aromatic carboxylic acids is 1. The molecule has 0 fully saturated rings. The van der Waals surface area contributed by atoms with Gasteiger partial charge in [0.25, 0.3) is 0 Å². The second-order valence-electron chi connectivity index (χ2n) is 3.57. The lowest BCUT2D eigenvalue weighted by Crippen LogP contribution is -2.03. The Balaban J connectivity index is 2.56. The van der Waals surface area contributed by atoms with Gasteiger partial charge in [0.1, 0.15) is 5.15 Å². The highest BCUT2D eigenvalue weighted by Gasteiger charge is 2.10. The standard InChI is InChI=1S/C12H9ClN2O2/c1-7-3-2-4-8(5-7)11-14-9(12(16)17)6-10(13)15-11/h2-6H,1H3,(H,16,17). The Labute approximate surface area is 103 Å². The van der Waals surface area contributed by atoms with Gasteiger partial charge in [-0.2, -0.15) is 0 Å². The predicted molar refractivity (Wildman–Crippen MR) is 64.2 cm³/mol. The first-order valence-corrected chi connectivity index (χ1v) is 5.29. The fourth-order valence-corrected chi connectivity index (χ4v) is 1.62. The lowest BCUT2D eigenvalue weighted by molar-refractivity contribution is 0.0690. The first-order valence-electron chi connectivity index (χ1n) is 4.91. The minimum absolute atomic E-state index is 0.110. The highest BCUT2D eigenvalue weighted by Crippen LogP contribution is 2.19. The van der Waals surface area contributed by atoms with E-state index in [1.54, 1.807) is 0 Å². The van der Waals surface area contributed by atoms with Gasteiger partial charge in [-0.1, -0.05) is 35.4 Å². The Hall–Kier alpha value is -1.94. The molecule has 0 aliphatic rings. The SMILES string of the molecule is Cc1cccc(-c2nc(Cl)cc(C(=O)O)n2)c1. The van der Waals surface area contributed by atoms with Crippen molar-refractivity contribution in [3.8, 4) is 11.4 Å². The van der Waals surface area contributed by atoms with E-state index >= 15 is 0 Å². The molecule has 17 heavy (non-hydrogen) atoms. The Morgan fingerprint density at radius 1 is 1.29 bits per heavy atom. The maximum absolute atomic E-state index is 10.9. The maximum atomic E-state index is 10.9. The molecule has 2 aromatic rings. The molecule has 0 saturated carbocycles. The summed E-state index contributed by atoms with van der Waals surface area (Å²) >= 11 is 5.77. The first-order chi connectivity index (χ1) is 8.06. The molecule has 1 aromatic carbocycles. The van der Waals surface area contributed by atoms with Crippen LogP contribution in [0, 0.1) is 6.92 Å². The van der Waals surface area contributed by atoms with Crippen LogP contribution < -0.4 is 0 Å². The summed E-state index contributed by atoms with van der Waals surface area (Å²) in [6.07, 6.45) is 0. The minimum atomic E-state index is -1.12. The molecule has 5 heteroatoms. The molecule has 0 aliphatic heterocycles. The summed E-state index contributed by atoms with van der Waals surface area (Å²) in [7, 11) is 0. The van der Waals surface area contributed by atoms with Gasteiger partial charge in [0.2, 0.25) is 0 Å². The predicted octanol–water partition coefficient (Wildman–Crippen LogP) is 2.80. The third-order valence-electron chi connectivity index (χ3n) is 2.19. The van der Waals surface area contributed by atoms with Crippen LogP contribution in [0.1, 0.15) is 16.1 Å². The number of benzene rings is 1. The highest BCUT2D eigenvalue weighted by molar-refractivity contribution is 6.29. The molecule has 0 aliphatic carbocycles. The number of carbonyl (C=O) groups is 1. The van der Waals surface area contributed by atoms with Crippen molar-refractivity contribution in [1.29, 1.82) is 0 Å². The van der Waals surface area contributed by atoms with Crippen molar-refractivity contribution in [2.75, 3.05) is 0 Å². The highest BCUT2D eigenvalue weighted by atomic mass is 35.5. The van der Waals surface area contributed by atoms with Crippen molar-refractivity contribution in [2.24, 2.45) is 0 Å². The van der Waals surface area contributed by atoms with Crippen LogP contribution in [0.4, 0.5) is 0 Å². The van der Waals surface area contributed by atoms with E-state index in [2.05, 4.69) is 9.97 Å². The van der Waals surface area contributed by atoms with E-state index in [1.165, 1.54) is 6.07 Å². The second-order valence-corrected chi connectivity index (χ2v) is 3.96. The average molecular weight is 249 g/mol. The van der Waals surface area contributed by atoms with Gasteiger partial charge < -0.3 is 5.11 Å². The third kappa shape index (κ3) is 2.60. The number of rotatable bonds is 2. The summed E-state index contributed by atoms with van der Waals surface area (Å²) in [5, 5.41) is 9.01. The number of hydrogen-bond donors (Lipinski definition) is 1. The van der Waals surface area contributed by atoms with E-state index in [0.29, 0.717) is 5.82 Å². The Bertz CT molecular complexity index is 584. The van der Waals surface area contributed by atoms with E-state index in [0.717, 1.165) is 11.1 Å². The van der Waals surface area contributed by atoms with Gasteiger partial charge in [-0.05, 0) is 13.0 Å². The lowest BCUT2D eigenvalue weighted by atomic mass is 10.1. The van der Waals surface area contributed by atoms with Crippen LogP contribution in [-0.2, 0) is 0 Å². The minimum Gasteiger partial charge on any atom is -0.477 e. The monoisotopic (exact) mass is 248 g/mol. The van der Waals surface area contributed by atoms with Crippen molar-refractivity contribution in [2.45, 2.75) is 6.92 Å². The topological polar surface area (TPSA) is 63.1 Å². The Morgan fingerprint density at radius 2 is 2.06 bits per heavy atom. The van der Waals surface area contributed by atoms with Crippen molar-refractivity contribution in [3.63, 3.8) is 0 Å². The van der Waals surface area contributed by atoms with Crippen LogP contribution in [0.25, 0.3) is 11.4 Å². The van der Waals surface area contributed by atoms with E-state index < -0.39 is 5.97 Å². The molecule has 86 valence electrons. The molecular formula is C12H9ClN2O2. The molecule has 0 bridgehead atoms. The van der Waals surface area contributed by atoms with Gasteiger partial charge in [-0.25, -0.2) is 14.8 Å². The molecule has 4 nitrogen and oxygen atoms in total. The molecule has 0 unspecified atom stereocenters. The average Bonchev–Trinajstić information content (AvgIpc) is 2.28. The molecule has 1 heterocycles. The molecule has 1 N–H and O–H groups in total. The number of carboxylic acid groups (broad SMARTS) is 1. The molecular weight excluding hydrogens is 240 g/mol. The Morgan fingerprint density at radius 3 is 2.71 bits per heavy atom. The van der Waals surface area contributed by atoms with Gasteiger partial charge in [0, 0.05) is 11.6 Å². The summed E-state index contributed by atoms with van der Waals surface area (Å²) in [5.74, 6) is -0.804. The third-order valence-corrected chi connectivity index (χ3v) is 2.38. The fourth-order valence-electron chi connectivity index (χ4n) is 1.44. The van der Waals surface area contributed by atoms with Crippen LogP contribution >= 0.6 is 11.6 Å². The van der Waals surface area contributed by atoms with Crippen molar-refractivity contribution in [1.82, 2.24) is 9.97 Å².